The van der Waals surface area contributed by atoms with Crippen LogP contribution in [0.5, 0.6) is 0 Å². The van der Waals surface area contributed by atoms with Gasteiger partial charge in [-0.1, -0.05) is 30.3 Å². The van der Waals surface area contributed by atoms with Crippen molar-refractivity contribution in [1.29, 1.82) is 0 Å². The van der Waals surface area contributed by atoms with E-state index in [1.54, 1.807) is 18.7 Å². The standard InChI is InChI=1S/C20H21N5O/c26-20(24-13-17-11-18(17)16-4-2-1-3-5-16)23-12-15-6-7-22-19(10-15)25-9-8-21-14-25/h1-10,14,17-18H,11-13H2,(H2,23,24,26)/t17-,18+/m0/s1. The van der Waals surface area contributed by atoms with Crippen molar-refractivity contribution in [2.75, 3.05) is 6.54 Å². The molecule has 3 aromatic rings. The Bertz CT molecular complexity index is 863. The third-order valence-corrected chi connectivity index (χ3v) is 4.71. The lowest BCUT2D eigenvalue weighted by Crippen LogP contribution is -2.36. The molecule has 0 unspecified atom stereocenters. The van der Waals surface area contributed by atoms with E-state index in [2.05, 4.69) is 44.9 Å². The van der Waals surface area contributed by atoms with Crippen LogP contribution in [0.2, 0.25) is 0 Å². The van der Waals surface area contributed by atoms with E-state index in [1.807, 2.05) is 29.0 Å². The van der Waals surface area contributed by atoms with Crippen LogP contribution in [0.15, 0.2) is 67.4 Å². The number of nitrogens with zero attached hydrogens (tertiary/aromatic N) is 3. The predicted molar refractivity (Wildman–Crippen MR) is 98.9 cm³/mol. The van der Waals surface area contributed by atoms with Gasteiger partial charge < -0.3 is 10.6 Å². The molecule has 1 aliphatic rings. The normalized spacial score (nSPS) is 18.3. The number of rotatable bonds is 6. The van der Waals surface area contributed by atoms with Crippen LogP contribution in [0, 0.1) is 5.92 Å². The van der Waals surface area contributed by atoms with Gasteiger partial charge in [0.1, 0.15) is 12.1 Å². The number of pyridine rings is 1. The van der Waals surface area contributed by atoms with Crippen molar-refractivity contribution in [2.45, 2.75) is 18.9 Å². The molecular weight excluding hydrogens is 326 g/mol. The lowest BCUT2D eigenvalue weighted by atomic mass is 10.1. The highest BCUT2D eigenvalue weighted by Gasteiger charge is 2.37. The fraction of sp³-hybridized carbons (Fsp3) is 0.250. The van der Waals surface area contributed by atoms with E-state index in [9.17, 15) is 4.79 Å². The molecule has 2 N–H and O–H groups in total. The van der Waals surface area contributed by atoms with Crippen molar-refractivity contribution < 1.29 is 4.79 Å². The van der Waals surface area contributed by atoms with Gasteiger partial charge in [0, 0.05) is 31.7 Å². The minimum absolute atomic E-state index is 0.135. The van der Waals surface area contributed by atoms with Gasteiger partial charge >= 0.3 is 6.03 Å². The van der Waals surface area contributed by atoms with E-state index in [-0.39, 0.29) is 6.03 Å². The summed E-state index contributed by atoms with van der Waals surface area (Å²) in [7, 11) is 0. The molecule has 26 heavy (non-hydrogen) atoms. The number of benzene rings is 1. The topological polar surface area (TPSA) is 71.8 Å². The molecule has 2 atom stereocenters. The molecule has 1 aromatic carbocycles. The highest BCUT2D eigenvalue weighted by Crippen LogP contribution is 2.46. The van der Waals surface area contributed by atoms with Crippen molar-refractivity contribution in [3.05, 3.63) is 78.5 Å². The van der Waals surface area contributed by atoms with E-state index >= 15 is 0 Å². The van der Waals surface area contributed by atoms with Crippen molar-refractivity contribution in [3.8, 4) is 5.82 Å². The molecule has 132 valence electrons. The van der Waals surface area contributed by atoms with Crippen LogP contribution >= 0.6 is 0 Å². The SMILES string of the molecule is O=C(NCc1ccnc(-n2ccnc2)c1)NC[C@@H]1C[C@@H]1c1ccccc1. The van der Waals surface area contributed by atoms with E-state index in [1.165, 1.54) is 5.56 Å². The quantitative estimate of drug-likeness (QED) is 0.720. The Kier molecular flexibility index (Phi) is 4.64. The Morgan fingerprint density at radius 2 is 2.04 bits per heavy atom. The second kappa shape index (κ2) is 7.39. The predicted octanol–water partition coefficient (Wildman–Crippen LogP) is 2.87. The summed E-state index contributed by atoms with van der Waals surface area (Å²) in [6, 6.07) is 14.2. The molecule has 0 saturated heterocycles. The number of nitrogens with one attached hydrogen (secondary N) is 2. The summed E-state index contributed by atoms with van der Waals surface area (Å²) in [5.41, 5.74) is 2.36. The average molecular weight is 347 g/mol. The van der Waals surface area contributed by atoms with Crippen molar-refractivity contribution >= 4 is 6.03 Å². The van der Waals surface area contributed by atoms with Crippen LogP contribution in [0.25, 0.3) is 5.82 Å². The Morgan fingerprint density at radius 1 is 1.15 bits per heavy atom. The first kappa shape index (κ1) is 16.3. The second-order valence-electron chi connectivity index (χ2n) is 6.57. The highest BCUT2D eigenvalue weighted by molar-refractivity contribution is 5.73. The van der Waals surface area contributed by atoms with Crippen LogP contribution < -0.4 is 10.6 Å². The molecule has 2 amide bonds. The van der Waals surface area contributed by atoms with Crippen LogP contribution in [0.3, 0.4) is 0 Å². The molecule has 0 radical (unpaired) electrons. The van der Waals surface area contributed by atoms with E-state index in [4.69, 9.17) is 0 Å². The third-order valence-electron chi connectivity index (χ3n) is 4.71. The monoisotopic (exact) mass is 347 g/mol. The molecule has 1 saturated carbocycles. The summed E-state index contributed by atoms with van der Waals surface area (Å²) in [5.74, 6) is 1.90. The lowest BCUT2D eigenvalue weighted by molar-refractivity contribution is 0.240. The van der Waals surface area contributed by atoms with Gasteiger partial charge in [-0.3, -0.25) is 4.57 Å². The number of carbonyl (C=O) groups excluding carboxylic acids is 1. The molecule has 4 rings (SSSR count). The van der Waals surface area contributed by atoms with Crippen molar-refractivity contribution in [2.24, 2.45) is 5.92 Å². The fourth-order valence-corrected chi connectivity index (χ4v) is 3.16. The van der Waals surface area contributed by atoms with Gasteiger partial charge in [0.05, 0.1) is 0 Å². The zero-order valence-corrected chi connectivity index (χ0v) is 14.4. The lowest BCUT2D eigenvalue weighted by Gasteiger charge is -2.09. The summed E-state index contributed by atoms with van der Waals surface area (Å²) >= 11 is 0. The molecule has 0 bridgehead atoms. The Hall–Kier alpha value is -3.15. The minimum atomic E-state index is -0.135. The number of amides is 2. The van der Waals surface area contributed by atoms with Crippen LogP contribution in [-0.4, -0.2) is 27.1 Å². The van der Waals surface area contributed by atoms with Gasteiger partial charge in [0.2, 0.25) is 0 Å². The highest BCUT2D eigenvalue weighted by atomic mass is 16.2. The first-order chi connectivity index (χ1) is 12.8. The maximum Gasteiger partial charge on any atom is 0.315 e. The van der Waals surface area contributed by atoms with Gasteiger partial charge in [-0.05, 0) is 41.5 Å². The van der Waals surface area contributed by atoms with Crippen LogP contribution in [0.4, 0.5) is 4.79 Å². The number of hydrogen-bond acceptors (Lipinski definition) is 3. The number of aromatic nitrogens is 3. The smallest absolute Gasteiger partial charge is 0.315 e. The van der Waals surface area contributed by atoms with Crippen LogP contribution in [0.1, 0.15) is 23.5 Å². The maximum atomic E-state index is 12.1. The van der Waals surface area contributed by atoms with Gasteiger partial charge in [-0.25, -0.2) is 14.8 Å². The number of carbonyl (C=O) groups is 1. The number of hydrogen-bond donors (Lipinski definition) is 2. The summed E-state index contributed by atoms with van der Waals surface area (Å²) in [6.07, 6.45) is 8.12. The molecule has 0 aliphatic heterocycles. The van der Waals surface area contributed by atoms with Gasteiger partial charge in [0.25, 0.3) is 0 Å². The molecule has 1 aliphatic carbocycles. The Morgan fingerprint density at radius 3 is 2.85 bits per heavy atom. The van der Waals surface area contributed by atoms with E-state index in [0.29, 0.717) is 24.9 Å². The number of imidazole rings is 1. The third kappa shape index (κ3) is 3.91. The van der Waals surface area contributed by atoms with Gasteiger partial charge in [-0.2, -0.15) is 0 Å². The molecular formula is C20H21N5O. The van der Waals surface area contributed by atoms with Gasteiger partial charge in [0.15, 0.2) is 0 Å². The maximum absolute atomic E-state index is 12.1. The zero-order valence-electron chi connectivity index (χ0n) is 14.4. The molecule has 6 heteroatoms. The van der Waals surface area contributed by atoms with E-state index in [0.717, 1.165) is 17.8 Å². The Balaban J connectivity index is 1.23. The Labute approximate surface area is 152 Å². The first-order valence-electron chi connectivity index (χ1n) is 8.79. The summed E-state index contributed by atoms with van der Waals surface area (Å²) < 4.78 is 1.83. The summed E-state index contributed by atoms with van der Waals surface area (Å²) in [5, 5.41) is 5.88. The molecule has 0 spiro atoms. The molecule has 2 aromatic heterocycles. The summed E-state index contributed by atoms with van der Waals surface area (Å²) in [4.78, 5) is 20.4. The summed E-state index contributed by atoms with van der Waals surface area (Å²) in [6.45, 7) is 1.17. The zero-order chi connectivity index (χ0) is 17.8. The average Bonchev–Trinajstić information content (AvgIpc) is 3.26. The van der Waals surface area contributed by atoms with Gasteiger partial charge in [-0.15, -0.1) is 0 Å². The van der Waals surface area contributed by atoms with E-state index < -0.39 is 0 Å². The number of urea groups is 1. The molecule has 2 heterocycles. The second-order valence-corrected chi connectivity index (χ2v) is 6.57. The molecule has 1 fully saturated rings. The first-order valence-corrected chi connectivity index (χ1v) is 8.79. The molecule has 6 nitrogen and oxygen atoms in total. The largest absolute Gasteiger partial charge is 0.338 e. The fourth-order valence-electron chi connectivity index (χ4n) is 3.16. The minimum Gasteiger partial charge on any atom is -0.338 e. The van der Waals surface area contributed by atoms with Crippen molar-refractivity contribution in [1.82, 2.24) is 25.2 Å². The van der Waals surface area contributed by atoms with Crippen LogP contribution in [-0.2, 0) is 6.54 Å². The van der Waals surface area contributed by atoms with Crippen molar-refractivity contribution in [3.63, 3.8) is 0 Å².